The summed E-state index contributed by atoms with van der Waals surface area (Å²) in [6.07, 6.45) is -5.49. The van der Waals surface area contributed by atoms with Crippen molar-refractivity contribution in [3.63, 3.8) is 0 Å². The van der Waals surface area contributed by atoms with E-state index < -0.39 is 44.9 Å². The highest BCUT2D eigenvalue weighted by atomic mass is 32.2. The lowest BCUT2D eigenvalue weighted by Gasteiger charge is -2.24. The zero-order valence-electron chi connectivity index (χ0n) is 18.7. The highest BCUT2D eigenvalue weighted by Gasteiger charge is 2.31. The van der Waals surface area contributed by atoms with Crippen molar-refractivity contribution in [2.75, 3.05) is 4.31 Å². The number of alkyl halides is 3. The van der Waals surface area contributed by atoms with Crippen molar-refractivity contribution in [3.8, 4) is 0 Å². The minimum absolute atomic E-state index is 0.0324. The van der Waals surface area contributed by atoms with Gasteiger partial charge < -0.3 is 5.11 Å². The molecule has 1 aromatic heterocycles. The number of carbonyl (C=O) groups is 1. The second-order valence-corrected chi connectivity index (χ2v) is 11.0. The first-order valence-electron chi connectivity index (χ1n) is 10.5. The molecule has 3 aromatic carbocycles. The molecule has 0 unspecified atom stereocenters. The van der Waals surface area contributed by atoms with Crippen LogP contribution in [-0.4, -0.2) is 25.7 Å². The van der Waals surface area contributed by atoms with Crippen LogP contribution in [0, 0.1) is 12.7 Å². The first kappa shape index (κ1) is 25.6. The molecule has 1 heterocycles. The van der Waals surface area contributed by atoms with Crippen LogP contribution in [0.15, 0.2) is 71.6 Å². The van der Waals surface area contributed by atoms with Crippen LogP contribution in [0.1, 0.15) is 27.0 Å². The maximum Gasteiger partial charge on any atom is 0.393 e. The molecule has 0 fully saturated rings. The van der Waals surface area contributed by atoms with Gasteiger partial charge in [-0.1, -0.05) is 42.5 Å². The van der Waals surface area contributed by atoms with Gasteiger partial charge >= 0.3 is 12.1 Å². The summed E-state index contributed by atoms with van der Waals surface area (Å²) in [5.74, 6) is -2.74. The number of rotatable bonds is 7. The van der Waals surface area contributed by atoms with E-state index in [1.54, 1.807) is 13.0 Å². The lowest BCUT2D eigenvalue weighted by atomic mass is 10.1. The molecular weight excluding hydrogens is 518 g/mol. The topological polar surface area (TPSA) is 74.7 Å². The predicted octanol–water partition coefficient (Wildman–Crippen LogP) is 6.55. The Morgan fingerprint density at radius 1 is 1.00 bits per heavy atom. The van der Waals surface area contributed by atoms with Gasteiger partial charge in [0.05, 0.1) is 23.4 Å². The molecule has 0 atom stereocenters. The van der Waals surface area contributed by atoms with Gasteiger partial charge in [-0.3, -0.25) is 4.31 Å². The average molecular weight is 538 g/mol. The summed E-state index contributed by atoms with van der Waals surface area (Å²) in [4.78, 5) is 10.7. The molecule has 1 N–H and O–H groups in total. The van der Waals surface area contributed by atoms with Gasteiger partial charge in [-0.2, -0.15) is 13.2 Å². The first-order valence-corrected chi connectivity index (χ1v) is 12.8. The molecule has 36 heavy (non-hydrogen) atoms. The maximum atomic E-state index is 14.4. The molecule has 0 radical (unpaired) electrons. The Kier molecular flexibility index (Phi) is 6.80. The van der Waals surface area contributed by atoms with Gasteiger partial charge in [0, 0.05) is 4.70 Å². The third kappa shape index (κ3) is 5.21. The van der Waals surface area contributed by atoms with Crippen LogP contribution < -0.4 is 4.31 Å². The standard InChI is InChI=1S/C25H19F4NO4S2/c1-15-19-4-2-3-5-22(19)35-23(15)30(14-17-8-6-16(7-9-17)13-25(27,28)29)36(33,34)18-10-11-20(24(31)32)21(26)12-18/h2-12H,13-14H2,1H3,(H,31,32). The Balaban J connectivity index is 1.80. The SMILES string of the molecule is Cc1c(N(Cc2ccc(CC(F)(F)F)cc2)S(=O)(=O)c2ccc(C(=O)O)c(F)c2)sc2ccccc12. The number of aromatic carboxylic acids is 1. The van der Waals surface area contributed by atoms with E-state index in [1.165, 1.54) is 35.6 Å². The van der Waals surface area contributed by atoms with Gasteiger partial charge in [0.1, 0.15) is 10.8 Å². The van der Waals surface area contributed by atoms with Crippen LogP contribution >= 0.6 is 11.3 Å². The second kappa shape index (κ2) is 9.55. The largest absolute Gasteiger partial charge is 0.478 e. The zero-order chi connectivity index (χ0) is 26.3. The van der Waals surface area contributed by atoms with Crippen LogP contribution in [0.3, 0.4) is 0 Å². The van der Waals surface area contributed by atoms with E-state index in [-0.39, 0.29) is 12.1 Å². The smallest absolute Gasteiger partial charge is 0.393 e. The Hall–Kier alpha value is -3.44. The first-order chi connectivity index (χ1) is 16.9. The van der Waals surface area contributed by atoms with Gasteiger partial charge in [-0.15, -0.1) is 11.3 Å². The number of aryl methyl sites for hydroxylation is 1. The van der Waals surface area contributed by atoms with E-state index in [1.807, 2.05) is 18.2 Å². The van der Waals surface area contributed by atoms with Gasteiger partial charge in [-0.05, 0) is 53.3 Å². The molecule has 4 aromatic rings. The minimum atomic E-state index is -4.40. The van der Waals surface area contributed by atoms with Crippen molar-refractivity contribution in [1.82, 2.24) is 0 Å². The summed E-state index contributed by atoms with van der Waals surface area (Å²) in [5, 5.41) is 10.3. The summed E-state index contributed by atoms with van der Waals surface area (Å²) in [7, 11) is -4.40. The number of nitrogens with zero attached hydrogens (tertiary/aromatic N) is 1. The monoisotopic (exact) mass is 537 g/mol. The van der Waals surface area contributed by atoms with Gasteiger partial charge in [0.2, 0.25) is 0 Å². The zero-order valence-corrected chi connectivity index (χ0v) is 20.3. The van der Waals surface area contributed by atoms with Crippen molar-refractivity contribution in [1.29, 1.82) is 0 Å². The van der Waals surface area contributed by atoms with Crippen molar-refractivity contribution < 1.29 is 35.9 Å². The minimum Gasteiger partial charge on any atom is -0.478 e. The molecule has 0 aliphatic rings. The van der Waals surface area contributed by atoms with Crippen molar-refractivity contribution in [3.05, 3.63) is 94.8 Å². The fourth-order valence-corrected chi connectivity index (χ4v) is 6.72. The highest BCUT2D eigenvalue weighted by Crippen LogP contribution is 2.40. The third-order valence-electron chi connectivity index (χ3n) is 5.56. The normalized spacial score (nSPS) is 12.1. The number of thiophene rings is 1. The molecule has 0 amide bonds. The molecule has 11 heteroatoms. The van der Waals surface area contributed by atoms with E-state index in [0.29, 0.717) is 22.2 Å². The molecule has 188 valence electrons. The lowest BCUT2D eigenvalue weighted by Crippen LogP contribution is -2.30. The van der Waals surface area contributed by atoms with Crippen LogP contribution in [0.4, 0.5) is 22.6 Å². The molecule has 0 aliphatic carbocycles. The van der Waals surface area contributed by atoms with Crippen LogP contribution in [-0.2, 0) is 23.0 Å². The Labute approximate surface area is 208 Å². The number of anilines is 1. The molecule has 0 saturated carbocycles. The number of halogens is 4. The van der Waals surface area contributed by atoms with E-state index in [0.717, 1.165) is 26.5 Å². The number of hydrogen-bond acceptors (Lipinski definition) is 4. The lowest BCUT2D eigenvalue weighted by molar-refractivity contribution is -0.127. The highest BCUT2D eigenvalue weighted by molar-refractivity contribution is 7.93. The summed E-state index contributed by atoms with van der Waals surface area (Å²) < 4.78 is 81.9. The number of fused-ring (bicyclic) bond motifs is 1. The number of benzene rings is 3. The van der Waals surface area contributed by atoms with E-state index >= 15 is 0 Å². The molecule has 0 spiro atoms. The van der Waals surface area contributed by atoms with E-state index in [2.05, 4.69) is 0 Å². The summed E-state index contributed by atoms with van der Waals surface area (Å²) in [5.41, 5.74) is 0.448. The van der Waals surface area contributed by atoms with Crippen LogP contribution in [0.5, 0.6) is 0 Å². The number of sulfonamides is 1. The molecule has 0 saturated heterocycles. The summed E-state index contributed by atoms with van der Waals surface area (Å²) in [6, 6.07) is 15.2. The van der Waals surface area contributed by atoms with Gasteiger partial charge in [0.15, 0.2) is 0 Å². The number of carboxylic acid groups (broad SMARTS) is 1. The Morgan fingerprint density at radius 2 is 1.64 bits per heavy atom. The third-order valence-corrected chi connectivity index (χ3v) is 8.71. The molecule has 4 rings (SSSR count). The Bertz CT molecular complexity index is 1540. The van der Waals surface area contributed by atoms with Gasteiger partial charge in [-0.25, -0.2) is 17.6 Å². The fourth-order valence-electron chi connectivity index (χ4n) is 3.78. The summed E-state index contributed by atoms with van der Waals surface area (Å²) in [6.45, 7) is 1.52. The Morgan fingerprint density at radius 3 is 2.22 bits per heavy atom. The van der Waals surface area contributed by atoms with E-state index in [4.69, 9.17) is 5.11 Å². The fraction of sp³-hybridized carbons (Fsp3) is 0.160. The predicted molar refractivity (Wildman–Crippen MR) is 129 cm³/mol. The van der Waals surface area contributed by atoms with Crippen molar-refractivity contribution in [2.24, 2.45) is 0 Å². The number of hydrogen-bond donors (Lipinski definition) is 1. The molecule has 5 nitrogen and oxygen atoms in total. The van der Waals surface area contributed by atoms with Crippen LogP contribution in [0.2, 0.25) is 0 Å². The molecular formula is C25H19F4NO4S2. The van der Waals surface area contributed by atoms with Gasteiger partial charge in [0.25, 0.3) is 10.0 Å². The van der Waals surface area contributed by atoms with Crippen LogP contribution in [0.25, 0.3) is 10.1 Å². The maximum absolute atomic E-state index is 14.4. The van der Waals surface area contributed by atoms with Crippen molar-refractivity contribution >= 4 is 42.4 Å². The second-order valence-electron chi connectivity index (χ2n) is 8.10. The quantitative estimate of drug-likeness (QED) is 0.272. The molecule has 0 bridgehead atoms. The summed E-state index contributed by atoms with van der Waals surface area (Å²) >= 11 is 1.21. The number of carboxylic acids is 1. The average Bonchev–Trinajstić information content (AvgIpc) is 3.13. The molecule has 0 aliphatic heterocycles. The van der Waals surface area contributed by atoms with E-state index in [9.17, 15) is 30.8 Å². The van der Waals surface area contributed by atoms with Crippen molar-refractivity contribution in [2.45, 2.75) is 31.0 Å².